The summed E-state index contributed by atoms with van der Waals surface area (Å²) in [6, 6.07) is 5.53. The molecule has 0 spiro atoms. The largest absolute Gasteiger partial charge is 0.310 e. The molecule has 0 unspecified atom stereocenters. The van der Waals surface area contributed by atoms with Gasteiger partial charge in [-0.25, -0.2) is 4.39 Å². The van der Waals surface area contributed by atoms with Gasteiger partial charge in [0.2, 0.25) is 0 Å². The van der Waals surface area contributed by atoms with Gasteiger partial charge in [0.1, 0.15) is 5.82 Å². The molecule has 1 fully saturated rings. The first-order valence-electron chi connectivity index (χ1n) is 4.27. The van der Waals surface area contributed by atoms with Crippen molar-refractivity contribution in [2.75, 3.05) is 6.54 Å². The van der Waals surface area contributed by atoms with Gasteiger partial charge in [0.05, 0.1) is 0 Å². The zero-order chi connectivity index (χ0) is 8.55. The van der Waals surface area contributed by atoms with Crippen molar-refractivity contribution in [2.24, 2.45) is 0 Å². The lowest BCUT2D eigenvalue weighted by Gasteiger charge is -2.28. The standard InChI is InChI=1S/C10H12FN/c1-7-2-3-9(11)8(6-7)10-4-5-12-10/h2-3,6,10,12H,4-5H2,1H3/t10-/m1/s1. The third-order valence-electron chi connectivity index (χ3n) is 2.35. The van der Waals surface area contributed by atoms with Crippen LogP contribution in [0.5, 0.6) is 0 Å². The van der Waals surface area contributed by atoms with E-state index in [1.165, 1.54) is 0 Å². The molecule has 1 aromatic carbocycles. The molecule has 2 rings (SSSR count). The number of rotatable bonds is 1. The van der Waals surface area contributed by atoms with E-state index in [2.05, 4.69) is 5.32 Å². The van der Waals surface area contributed by atoms with E-state index in [0.29, 0.717) is 0 Å². The van der Waals surface area contributed by atoms with Crippen LogP contribution in [0.3, 0.4) is 0 Å². The average molecular weight is 165 g/mol. The molecule has 1 N–H and O–H groups in total. The van der Waals surface area contributed by atoms with E-state index in [9.17, 15) is 4.39 Å². The second-order valence-corrected chi connectivity index (χ2v) is 3.32. The Balaban J connectivity index is 2.34. The van der Waals surface area contributed by atoms with Crippen molar-refractivity contribution in [1.82, 2.24) is 5.32 Å². The van der Waals surface area contributed by atoms with Crippen molar-refractivity contribution in [2.45, 2.75) is 19.4 Å². The van der Waals surface area contributed by atoms with Crippen LogP contribution in [0.4, 0.5) is 4.39 Å². The molecule has 0 saturated carbocycles. The summed E-state index contributed by atoms with van der Waals surface area (Å²) < 4.78 is 13.2. The molecular weight excluding hydrogens is 153 g/mol. The van der Waals surface area contributed by atoms with E-state index in [-0.39, 0.29) is 11.9 Å². The summed E-state index contributed by atoms with van der Waals surface area (Å²) in [6.07, 6.45) is 1.06. The smallest absolute Gasteiger partial charge is 0.127 e. The minimum Gasteiger partial charge on any atom is -0.310 e. The van der Waals surface area contributed by atoms with E-state index in [1.54, 1.807) is 12.1 Å². The van der Waals surface area contributed by atoms with Crippen LogP contribution < -0.4 is 5.32 Å². The van der Waals surface area contributed by atoms with Crippen LogP contribution in [-0.4, -0.2) is 6.54 Å². The lowest BCUT2D eigenvalue weighted by molar-refractivity contribution is 0.370. The minimum atomic E-state index is -0.0854. The van der Waals surface area contributed by atoms with Gasteiger partial charge in [0, 0.05) is 11.6 Å². The molecule has 0 amide bonds. The fourth-order valence-corrected chi connectivity index (χ4v) is 1.48. The van der Waals surface area contributed by atoms with Crippen LogP contribution in [0.25, 0.3) is 0 Å². The van der Waals surface area contributed by atoms with Gasteiger partial charge in [0.15, 0.2) is 0 Å². The zero-order valence-electron chi connectivity index (χ0n) is 7.10. The molecule has 0 radical (unpaired) electrons. The topological polar surface area (TPSA) is 12.0 Å². The molecule has 0 aliphatic carbocycles. The van der Waals surface area contributed by atoms with Crippen LogP contribution in [0.15, 0.2) is 18.2 Å². The van der Waals surface area contributed by atoms with Crippen molar-refractivity contribution in [1.29, 1.82) is 0 Å². The fraction of sp³-hybridized carbons (Fsp3) is 0.400. The predicted octanol–water partition coefficient (Wildman–Crippen LogP) is 2.17. The number of aryl methyl sites for hydroxylation is 1. The van der Waals surface area contributed by atoms with Gasteiger partial charge < -0.3 is 5.32 Å². The molecule has 12 heavy (non-hydrogen) atoms. The van der Waals surface area contributed by atoms with Gasteiger partial charge in [0.25, 0.3) is 0 Å². The number of halogens is 1. The van der Waals surface area contributed by atoms with Crippen molar-refractivity contribution in [3.63, 3.8) is 0 Å². The predicted molar refractivity (Wildman–Crippen MR) is 46.5 cm³/mol. The second-order valence-electron chi connectivity index (χ2n) is 3.32. The summed E-state index contributed by atoms with van der Waals surface area (Å²) >= 11 is 0. The van der Waals surface area contributed by atoms with Crippen LogP contribution in [-0.2, 0) is 0 Å². The van der Waals surface area contributed by atoms with Crippen LogP contribution in [0.1, 0.15) is 23.6 Å². The maximum absolute atomic E-state index is 13.2. The molecule has 64 valence electrons. The molecule has 1 aromatic rings. The number of benzene rings is 1. The maximum Gasteiger partial charge on any atom is 0.127 e. The maximum atomic E-state index is 13.2. The molecule has 2 heteroatoms. The Kier molecular flexibility index (Phi) is 1.85. The number of hydrogen-bond acceptors (Lipinski definition) is 1. The van der Waals surface area contributed by atoms with Gasteiger partial charge in [-0.15, -0.1) is 0 Å². The number of hydrogen-bond donors (Lipinski definition) is 1. The minimum absolute atomic E-state index is 0.0854. The van der Waals surface area contributed by atoms with Gasteiger partial charge >= 0.3 is 0 Å². The first-order chi connectivity index (χ1) is 5.77. The quantitative estimate of drug-likeness (QED) is 0.672. The lowest BCUT2D eigenvalue weighted by atomic mass is 9.96. The van der Waals surface area contributed by atoms with Crippen molar-refractivity contribution < 1.29 is 4.39 Å². The van der Waals surface area contributed by atoms with Crippen LogP contribution >= 0.6 is 0 Å². The summed E-state index contributed by atoms with van der Waals surface area (Å²) in [4.78, 5) is 0. The van der Waals surface area contributed by atoms with E-state index < -0.39 is 0 Å². The van der Waals surface area contributed by atoms with Crippen LogP contribution in [0, 0.1) is 12.7 Å². The van der Waals surface area contributed by atoms with E-state index in [0.717, 1.165) is 24.1 Å². The monoisotopic (exact) mass is 165 g/mol. The Morgan fingerprint density at radius 3 is 2.83 bits per heavy atom. The summed E-state index contributed by atoms with van der Waals surface area (Å²) in [5, 5.41) is 3.19. The van der Waals surface area contributed by atoms with Crippen LogP contribution in [0.2, 0.25) is 0 Å². The first-order valence-corrected chi connectivity index (χ1v) is 4.27. The highest BCUT2D eigenvalue weighted by molar-refractivity contribution is 5.27. The van der Waals surface area contributed by atoms with E-state index in [1.807, 2.05) is 13.0 Å². The third kappa shape index (κ3) is 1.23. The molecule has 1 atom stereocenters. The Morgan fingerprint density at radius 2 is 2.25 bits per heavy atom. The number of nitrogens with one attached hydrogen (secondary N) is 1. The van der Waals surface area contributed by atoms with Gasteiger partial charge in [-0.1, -0.05) is 17.7 Å². The Morgan fingerprint density at radius 1 is 1.50 bits per heavy atom. The SMILES string of the molecule is Cc1ccc(F)c([C@H]2CCN2)c1. The highest BCUT2D eigenvalue weighted by Gasteiger charge is 2.21. The third-order valence-corrected chi connectivity index (χ3v) is 2.35. The summed E-state index contributed by atoms with van der Waals surface area (Å²) in [5.41, 5.74) is 1.95. The summed E-state index contributed by atoms with van der Waals surface area (Å²) in [5.74, 6) is -0.0854. The first kappa shape index (κ1) is 7.74. The molecule has 1 heterocycles. The van der Waals surface area contributed by atoms with Crippen molar-refractivity contribution in [3.8, 4) is 0 Å². The van der Waals surface area contributed by atoms with Crippen molar-refractivity contribution in [3.05, 3.63) is 35.1 Å². The van der Waals surface area contributed by atoms with Gasteiger partial charge in [-0.3, -0.25) is 0 Å². The normalized spacial score (nSPS) is 22.0. The fourth-order valence-electron chi connectivity index (χ4n) is 1.48. The summed E-state index contributed by atoms with van der Waals surface area (Å²) in [6.45, 7) is 3.00. The summed E-state index contributed by atoms with van der Waals surface area (Å²) in [7, 11) is 0. The molecule has 0 aromatic heterocycles. The van der Waals surface area contributed by atoms with E-state index in [4.69, 9.17) is 0 Å². The molecule has 1 nitrogen and oxygen atoms in total. The second kappa shape index (κ2) is 2.87. The highest BCUT2D eigenvalue weighted by atomic mass is 19.1. The van der Waals surface area contributed by atoms with Gasteiger partial charge in [-0.05, 0) is 26.0 Å². The average Bonchev–Trinajstić information content (AvgIpc) is 1.93. The van der Waals surface area contributed by atoms with E-state index >= 15 is 0 Å². The molecule has 1 saturated heterocycles. The zero-order valence-corrected chi connectivity index (χ0v) is 7.10. The Hall–Kier alpha value is -0.890. The molecule has 1 aliphatic heterocycles. The van der Waals surface area contributed by atoms with Gasteiger partial charge in [-0.2, -0.15) is 0 Å². The Bertz CT molecular complexity index is 292. The highest BCUT2D eigenvalue weighted by Crippen LogP contribution is 2.25. The molecular formula is C10H12FN. The molecule has 1 aliphatic rings. The lowest BCUT2D eigenvalue weighted by Crippen LogP contribution is -2.35. The molecule has 0 bridgehead atoms. The Labute approximate surface area is 71.6 Å². The van der Waals surface area contributed by atoms with Crippen molar-refractivity contribution >= 4 is 0 Å².